The molecule has 0 atom stereocenters. The molecule has 0 aliphatic heterocycles. The fourth-order valence-corrected chi connectivity index (χ4v) is 1.89. The normalized spacial score (nSPS) is 10.2. The molecule has 1 heterocycles. The number of carbonyl (C=O) groups is 1. The number of esters is 1. The third-order valence-corrected chi connectivity index (χ3v) is 2.91. The number of rotatable bonds is 5. The van der Waals surface area contributed by atoms with E-state index in [-0.39, 0.29) is 0 Å². The summed E-state index contributed by atoms with van der Waals surface area (Å²) >= 11 is 0. The summed E-state index contributed by atoms with van der Waals surface area (Å²) in [5.41, 5.74) is 2.52. The van der Waals surface area contributed by atoms with Gasteiger partial charge in [-0.1, -0.05) is 12.1 Å². The van der Waals surface area contributed by atoms with E-state index in [1.165, 1.54) is 13.4 Å². The second-order valence-corrected chi connectivity index (χ2v) is 4.56. The number of carbonyl (C=O) groups excluding carboxylic acids is 1. The van der Waals surface area contributed by atoms with Gasteiger partial charge in [-0.15, -0.1) is 0 Å². The lowest BCUT2D eigenvalue weighted by molar-refractivity contribution is 0.0600. The van der Waals surface area contributed by atoms with Crippen molar-refractivity contribution in [3.63, 3.8) is 0 Å². The minimum Gasteiger partial charge on any atom is -0.467 e. The third kappa shape index (κ3) is 3.12. The second-order valence-electron chi connectivity index (χ2n) is 4.56. The Morgan fingerprint density at radius 1 is 1.35 bits per heavy atom. The zero-order valence-corrected chi connectivity index (χ0v) is 11.8. The highest BCUT2D eigenvalue weighted by molar-refractivity contribution is 5.89. The lowest BCUT2D eigenvalue weighted by Crippen LogP contribution is -2.11. The molecule has 0 spiro atoms. The molecule has 2 aromatic rings. The highest BCUT2D eigenvalue weighted by Crippen LogP contribution is 2.24. The van der Waals surface area contributed by atoms with Crippen molar-refractivity contribution in [2.75, 3.05) is 31.4 Å². The van der Waals surface area contributed by atoms with Gasteiger partial charge in [-0.05, 0) is 18.2 Å². The van der Waals surface area contributed by atoms with Gasteiger partial charge in [-0.25, -0.2) is 4.79 Å². The summed E-state index contributed by atoms with van der Waals surface area (Å²) in [6.45, 7) is 0.502. The largest absolute Gasteiger partial charge is 0.467 e. The minimum atomic E-state index is -0.395. The summed E-state index contributed by atoms with van der Waals surface area (Å²) in [5.74, 6) is 0.285. The van der Waals surface area contributed by atoms with Gasteiger partial charge < -0.3 is 19.4 Å². The van der Waals surface area contributed by atoms with Gasteiger partial charge >= 0.3 is 5.97 Å². The van der Waals surface area contributed by atoms with Crippen LogP contribution in [0, 0.1) is 0 Å². The van der Waals surface area contributed by atoms with Crippen LogP contribution in [0.1, 0.15) is 16.1 Å². The molecule has 0 saturated carbocycles. The van der Waals surface area contributed by atoms with Crippen molar-refractivity contribution >= 4 is 17.3 Å². The molecule has 0 aliphatic rings. The van der Waals surface area contributed by atoms with Gasteiger partial charge in [-0.3, -0.25) is 0 Å². The Kier molecular flexibility index (Phi) is 4.30. The minimum absolute atomic E-state index is 0.395. The molecule has 1 aromatic heterocycles. The highest BCUT2D eigenvalue weighted by Gasteiger charge is 2.10. The first-order valence-corrected chi connectivity index (χ1v) is 6.27. The average Bonchev–Trinajstić information content (AvgIpc) is 2.93. The van der Waals surface area contributed by atoms with E-state index in [2.05, 4.69) is 10.1 Å². The molecule has 0 radical (unpaired) electrons. The van der Waals surface area contributed by atoms with E-state index in [1.807, 2.05) is 43.3 Å². The second kappa shape index (κ2) is 6.14. The van der Waals surface area contributed by atoms with Gasteiger partial charge in [0.25, 0.3) is 0 Å². The van der Waals surface area contributed by atoms with E-state index in [1.54, 1.807) is 6.07 Å². The van der Waals surface area contributed by atoms with Crippen LogP contribution in [0.2, 0.25) is 0 Å². The number of hydrogen-bond donors (Lipinski definition) is 1. The average molecular weight is 274 g/mol. The summed E-state index contributed by atoms with van der Waals surface area (Å²) in [4.78, 5) is 13.4. The van der Waals surface area contributed by atoms with Crippen molar-refractivity contribution in [1.29, 1.82) is 0 Å². The van der Waals surface area contributed by atoms with E-state index in [4.69, 9.17) is 4.42 Å². The first-order chi connectivity index (χ1) is 9.61. The molecule has 20 heavy (non-hydrogen) atoms. The predicted molar refractivity (Wildman–Crippen MR) is 78.1 cm³/mol. The number of para-hydroxylation sites is 2. The van der Waals surface area contributed by atoms with Crippen molar-refractivity contribution < 1.29 is 13.9 Å². The summed E-state index contributed by atoms with van der Waals surface area (Å²) in [6, 6.07) is 9.67. The first-order valence-electron chi connectivity index (χ1n) is 6.27. The number of furan rings is 1. The van der Waals surface area contributed by atoms with Crippen LogP contribution in [0.3, 0.4) is 0 Å². The molecule has 106 valence electrons. The maximum absolute atomic E-state index is 11.3. The Morgan fingerprint density at radius 3 is 2.80 bits per heavy atom. The third-order valence-electron chi connectivity index (χ3n) is 2.91. The van der Waals surface area contributed by atoms with Crippen LogP contribution in [0.4, 0.5) is 11.4 Å². The fraction of sp³-hybridized carbons (Fsp3) is 0.267. The molecule has 0 amide bonds. The monoisotopic (exact) mass is 274 g/mol. The number of nitrogens with one attached hydrogen (secondary N) is 1. The van der Waals surface area contributed by atoms with Gasteiger partial charge in [0.15, 0.2) is 0 Å². The lowest BCUT2D eigenvalue weighted by atomic mass is 10.2. The Labute approximate surface area is 118 Å². The number of anilines is 2. The number of hydrogen-bond acceptors (Lipinski definition) is 5. The van der Waals surface area contributed by atoms with Crippen molar-refractivity contribution in [3.8, 4) is 0 Å². The maximum atomic E-state index is 11.3. The molecule has 0 fully saturated rings. The molecule has 0 unspecified atom stereocenters. The molecule has 0 aliphatic carbocycles. The van der Waals surface area contributed by atoms with Gasteiger partial charge in [0.05, 0.1) is 30.6 Å². The van der Waals surface area contributed by atoms with Crippen molar-refractivity contribution in [3.05, 3.63) is 47.9 Å². The molecule has 1 N–H and O–H groups in total. The quantitative estimate of drug-likeness (QED) is 0.850. The fourth-order valence-electron chi connectivity index (χ4n) is 1.89. The van der Waals surface area contributed by atoms with E-state index in [0.717, 1.165) is 11.4 Å². The number of benzene rings is 1. The SMILES string of the molecule is COC(=O)c1coc(CNc2ccccc2N(C)C)c1. The molecule has 1 aromatic carbocycles. The van der Waals surface area contributed by atoms with Gasteiger partial charge in [-0.2, -0.15) is 0 Å². The Bertz CT molecular complexity index is 590. The smallest absolute Gasteiger partial charge is 0.341 e. The Hall–Kier alpha value is -2.43. The summed E-state index contributed by atoms with van der Waals surface area (Å²) in [7, 11) is 5.33. The van der Waals surface area contributed by atoms with Crippen molar-refractivity contribution in [1.82, 2.24) is 0 Å². The van der Waals surface area contributed by atoms with Crippen LogP contribution in [0.15, 0.2) is 41.0 Å². The van der Waals surface area contributed by atoms with Gasteiger partial charge in [0, 0.05) is 14.1 Å². The maximum Gasteiger partial charge on any atom is 0.341 e. The van der Waals surface area contributed by atoms with Crippen molar-refractivity contribution in [2.45, 2.75) is 6.54 Å². The first kappa shape index (κ1) is 14.0. The molecular formula is C15H18N2O3. The van der Waals surface area contributed by atoms with E-state index in [0.29, 0.717) is 17.9 Å². The zero-order valence-electron chi connectivity index (χ0n) is 11.8. The van der Waals surface area contributed by atoms with Gasteiger partial charge in [0.2, 0.25) is 0 Å². The molecule has 5 nitrogen and oxygen atoms in total. The lowest BCUT2D eigenvalue weighted by Gasteiger charge is -2.17. The van der Waals surface area contributed by atoms with Crippen molar-refractivity contribution in [2.24, 2.45) is 0 Å². The number of ether oxygens (including phenoxy) is 1. The summed E-state index contributed by atoms with van der Waals surface area (Å²) in [5, 5.41) is 3.29. The van der Waals surface area contributed by atoms with Gasteiger partial charge in [0.1, 0.15) is 12.0 Å². The molecule has 0 bridgehead atoms. The molecule has 5 heteroatoms. The van der Waals surface area contributed by atoms with E-state index < -0.39 is 5.97 Å². The summed E-state index contributed by atoms with van der Waals surface area (Å²) < 4.78 is 9.97. The van der Waals surface area contributed by atoms with Crippen LogP contribution >= 0.6 is 0 Å². The molecular weight excluding hydrogens is 256 g/mol. The molecule has 2 rings (SSSR count). The topological polar surface area (TPSA) is 54.7 Å². The predicted octanol–water partition coefficient (Wildman–Crippen LogP) is 2.74. The van der Waals surface area contributed by atoms with Crippen LogP contribution in [-0.4, -0.2) is 27.2 Å². The summed E-state index contributed by atoms with van der Waals surface area (Å²) in [6.07, 6.45) is 1.40. The van der Waals surface area contributed by atoms with E-state index in [9.17, 15) is 4.79 Å². The Balaban J connectivity index is 2.06. The van der Waals surface area contributed by atoms with Crippen LogP contribution in [0.5, 0.6) is 0 Å². The highest BCUT2D eigenvalue weighted by atomic mass is 16.5. The molecule has 0 saturated heterocycles. The number of nitrogens with zero attached hydrogens (tertiary/aromatic N) is 1. The van der Waals surface area contributed by atoms with Crippen LogP contribution in [-0.2, 0) is 11.3 Å². The van der Waals surface area contributed by atoms with Crippen LogP contribution in [0.25, 0.3) is 0 Å². The Morgan fingerprint density at radius 2 is 2.10 bits per heavy atom. The van der Waals surface area contributed by atoms with E-state index >= 15 is 0 Å². The van der Waals surface area contributed by atoms with Crippen LogP contribution < -0.4 is 10.2 Å². The standard InChI is InChI=1S/C15H18N2O3/c1-17(2)14-7-5-4-6-13(14)16-9-12-8-11(10-20-12)15(18)19-3/h4-8,10,16H,9H2,1-3H3. The number of methoxy groups -OCH3 is 1. The zero-order chi connectivity index (χ0) is 14.5.